The zero-order valence-corrected chi connectivity index (χ0v) is 16.7. The van der Waals surface area contributed by atoms with Crippen molar-refractivity contribution in [2.24, 2.45) is 0 Å². The molecule has 0 saturated heterocycles. The van der Waals surface area contributed by atoms with Gasteiger partial charge in [-0.15, -0.1) is 11.3 Å². The lowest BCUT2D eigenvalue weighted by atomic mass is 9.94. The zero-order chi connectivity index (χ0) is 19.1. The predicted octanol–water partition coefficient (Wildman–Crippen LogP) is 8.04. The topological polar surface area (TPSA) is 0 Å². The van der Waals surface area contributed by atoms with E-state index in [2.05, 4.69) is 96.4 Å². The molecule has 0 aliphatic heterocycles. The van der Waals surface area contributed by atoms with E-state index >= 15 is 0 Å². The van der Waals surface area contributed by atoms with Crippen LogP contribution in [0.5, 0.6) is 0 Å². The molecule has 3 aromatic carbocycles. The second kappa shape index (κ2) is 10.7. The molecule has 0 saturated carbocycles. The third-order valence-electron chi connectivity index (χ3n) is 4.01. The van der Waals surface area contributed by atoms with Crippen molar-refractivity contribution in [2.75, 3.05) is 0 Å². The van der Waals surface area contributed by atoms with Crippen molar-refractivity contribution in [3.05, 3.63) is 96.4 Å². The van der Waals surface area contributed by atoms with Crippen molar-refractivity contribution >= 4 is 24.8 Å². The van der Waals surface area contributed by atoms with Gasteiger partial charge in [0, 0.05) is 4.88 Å². The van der Waals surface area contributed by atoms with Gasteiger partial charge in [-0.05, 0) is 39.3 Å². The lowest BCUT2D eigenvalue weighted by Crippen LogP contribution is -1.85. The van der Waals surface area contributed by atoms with Gasteiger partial charge in [-0.25, -0.2) is 0 Å². The van der Waals surface area contributed by atoms with Crippen LogP contribution in [0, 0.1) is 0 Å². The Morgan fingerprint density at radius 3 is 1.50 bits per heavy atom. The molecule has 0 radical (unpaired) electrons. The number of hydrogen-bond acceptors (Lipinski definition) is 1. The van der Waals surface area contributed by atoms with Crippen molar-refractivity contribution < 1.29 is 13.2 Å². The normalized spacial score (nSPS) is 10.0. The van der Waals surface area contributed by atoms with E-state index in [-0.39, 0.29) is 13.5 Å². The van der Waals surface area contributed by atoms with Crippen molar-refractivity contribution in [1.82, 2.24) is 0 Å². The highest BCUT2D eigenvalue weighted by atomic mass is 32.1. The fourth-order valence-electron chi connectivity index (χ4n) is 2.86. The monoisotopic (exact) mass is 416 g/mol. The van der Waals surface area contributed by atoms with Gasteiger partial charge in [-0.1, -0.05) is 84.9 Å². The Labute approximate surface area is 173 Å². The van der Waals surface area contributed by atoms with Crippen LogP contribution >= 0.6 is 24.8 Å². The van der Waals surface area contributed by atoms with Gasteiger partial charge in [0.05, 0.1) is 0 Å². The van der Waals surface area contributed by atoms with E-state index in [0.717, 1.165) is 0 Å². The summed E-state index contributed by atoms with van der Waals surface area (Å²) in [6.07, 6.45) is 0. The molecule has 0 N–H and O–H groups in total. The zero-order valence-electron chi connectivity index (χ0n) is 14.9. The molecule has 0 nitrogen and oxygen atoms in total. The molecule has 4 rings (SSSR count). The van der Waals surface area contributed by atoms with Crippen LogP contribution in [0.4, 0.5) is 13.2 Å². The highest BCUT2D eigenvalue weighted by Crippen LogP contribution is 2.33. The van der Waals surface area contributed by atoms with Crippen molar-refractivity contribution in [1.29, 1.82) is 0 Å². The van der Waals surface area contributed by atoms with E-state index in [1.807, 2.05) is 0 Å². The molecule has 0 unspecified atom stereocenters. The van der Waals surface area contributed by atoms with Gasteiger partial charge in [-0.3, -0.25) is 0 Å². The van der Waals surface area contributed by atoms with Crippen LogP contribution in [0.15, 0.2) is 96.4 Å². The number of halogens is 3. The van der Waals surface area contributed by atoms with Crippen LogP contribution in [-0.4, -0.2) is 6.68 Å². The van der Waals surface area contributed by atoms with Crippen LogP contribution in [-0.2, 0) is 0 Å². The third kappa shape index (κ3) is 5.75. The van der Waals surface area contributed by atoms with E-state index in [0.29, 0.717) is 0 Å². The summed E-state index contributed by atoms with van der Waals surface area (Å²) in [6, 6.07) is 32.3. The largest absolute Gasteiger partial charge is 0.379 e. The van der Waals surface area contributed by atoms with Crippen LogP contribution in [0.3, 0.4) is 0 Å². The third-order valence-corrected chi connectivity index (χ3v) is 4.93. The summed E-state index contributed by atoms with van der Waals surface area (Å²) in [5.41, 5.74) is 6.34. The van der Waals surface area contributed by atoms with Gasteiger partial charge in [0.25, 0.3) is 0 Å². The summed E-state index contributed by atoms with van der Waals surface area (Å²) in [4.78, 5) is 1.31. The molecule has 0 amide bonds. The minimum Gasteiger partial charge on any atom is -0.197 e. The van der Waals surface area contributed by atoms with Crippen LogP contribution in [0.2, 0.25) is 0 Å². The minimum absolute atomic E-state index is 0. The van der Waals surface area contributed by atoms with Gasteiger partial charge in [0.1, 0.15) is 0 Å². The maximum absolute atomic E-state index is 9.67. The number of rotatable bonds is 3. The molecule has 144 valence electrons. The number of hydrogen-bond donors (Lipinski definition) is 0. The highest BCUT2D eigenvalue weighted by Gasteiger charge is 2.07. The molecule has 0 atom stereocenters. The first-order chi connectivity index (χ1) is 13.1. The fourth-order valence-corrected chi connectivity index (χ4v) is 3.59. The smallest absolute Gasteiger partial charge is 0.197 e. The van der Waals surface area contributed by atoms with Crippen LogP contribution in [0.1, 0.15) is 0 Å². The highest BCUT2D eigenvalue weighted by molar-refractivity contribution is 7.59. The van der Waals surface area contributed by atoms with E-state index in [9.17, 15) is 13.2 Å². The summed E-state index contributed by atoms with van der Waals surface area (Å²) in [6.45, 7) is -3.67. The lowest BCUT2D eigenvalue weighted by Gasteiger charge is -2.10. The van der Waals surface area contributed by atoms with Crippen molar-refractivity contribution in [3.8, 4) is 32.7 Å². The Balaban J connectivity index is 0.000000515. The minimum atomic E-state index is -3.67. The van der Waals surface area contributed by atoms with Gasteiger partial charge in [-0.2, -0.15) is 26.7 Å². The molecule has 28 heavy (non-hydrogen) atoms. The Bertz CT molecular complexity index is 948. The molecule has 1 aromatic heterocycles. The van der Waals surface area contributed by atoms with E-state index in [4.69, 9.17) is 0 Å². The molecular formula is C23H19F3S2. The van der Waals surface area contributed by atoms with Crippen LogP contribution < -0.4 is 0 Å². The molecule has 5 heteroatoms. The average molecular weight is 417 g/mol. The number of alkyl halides is 3. The van der Waals surface area contributed by atoms with E-state index in [1.54, 1.807) is 11.3 Å². The summed E-state index contributed by atoms with van der Waals surface area (Å²) in [5.74, 6) is 0. The summed E-state index contributed by atoms with van der Waals surface area (Å²) in [7, 11) is 0. The quantitative estimate of drug-likeness (QED) is 0.317. The first-order valence-electron chi connectivity index (χ1n) is 8.36. The number of benzene rings is 3. The Morgan fingerprint density at radius 1 is 0.536 bits per heavy atom. The SMILES string of the molecule is FC(F)F.S.c1ccc(-c2ccccc2-c2ccc(-c3cccs3)cc2)cc1. The van der Waals surface area contributed by atoms with Crippen molar-refractivity contribution in [3.63, 3.8) is 0 Å². The molecular weight excluding hydrogens is 397 g/mol. The number of thiophene rings is 1. The van der Waals surface area contributed by atoms with Gasteiger partial charge in [0.15, 0.2) is 0 Å². The van der Waals surface area contributed by atoms with Crippen LogP contribution in [0.25, 0.3) is 32.7 Å². The molecule has 4 aromatic rings. The molecule has 0 bridgehead atoms. The van der Waals surface area contributed by atoms with Crippen molar-refractivity contribution in [2.45, 2.75) is 6.68 Å². The second-order valence-electron chi connectivity index (χ2n) is 5.71. The molecule has 0 aliphatic carbocycles. The van der Waals surface area contributed by atoms with Gasteiger partial charge in [0.2, 0.25) is 0 Å². The molecule has 0 spiro atoms. The summed E-state index contributed by atoms with van der Waals surface area (Å²) >= 11 is 1.78. The first kappa shape index (κ1) is 21.8. The van der Waals surface area contributed by atoms with E-state index < -0.39 is 6.68 Å². The molecule has 0 fully saturated rings. The predicted molar refractivity (Wildman–Crippen MR) is 118 cm³/mol. The van der Waals surface area contributed by atoms with Gasteiger partial charge < -0.3 is 0 Å². The average Bonchev–Trinajstić information content (AvgIpc) is 3.23. The molecule has 0 aliphatic rings. The summed E-state index contributed by atoms with van der Waals surface area (Å²) in [5, 5.41) is 2.12. The molecule has 1 heterocycles. The second-order valence-corrected chi connectivity index (χ2v) is 6.66. The Morgan fingerprint density at radius 2 is 1.00 bits per heavy atom. The fraction of sp³-hybridized carbons (Fsp3) is 0.0435. The first-order valence-corrected chi connectivity index (χ1v) is 9.24. The lowest BCUT2D eigenvalue weighted by molar-refractivity contribution is 0.00819. The summed E-state index contributed by atoms with van der Waals surface area (Å²) < 4.78 is 29.0. The standard InChI is InChI=1S/C22H16S.CHF3.H2S/c1-2-7-17(8-3-1)20-9-4-5-10-21(20)18-12-14-19(15-13-18)22-11-6-16-23-22;2-1(3)4;/h1-16H;1H;1H2. The Kier molecular flexibility index (Phi) is 8.36. The Hall–Kier alpha value is -2.50. The maximum Gasteiger partial charge on any atom is 0.379 e. The van der Waals surface area contributed by atoms with E-state index in [1.165, 1.54) is 32.7 Å². The maximum atomic E-state index is 9.67. The van der Waals surface area contributed by atoms with Gasteiger partial charge >= 0.3 is 6.68 Å².